The molecule has 1 fully saturated rings. The number of nitrogens with one attached hydrogen (secondary N) is 1. The summed E-state index contributed by atoms with van der Waals surface area (Å²) in [4.78, 5) is 3.49. The van der Waals surface area contributed by atoms with E-state index < -0.39 is 0 Å². The molecule has 0 saturated carbocycles. The summed E-state index contributed by atoms with van der Waals surface area (Å²) in [5.74, 6) is 0. The fraction of sp³-hybridized carbons (Fsp3) is 0.417. The third kappa shape index (κ3) is 2.26. The monoisotopic (exact) mass is 249 g/mol. The van der Waals surface area contributed by atoms with Crippen LogP contribution in [0.5, 0.6) is 0 Å². The molecule has 0 aliphatic carbocycles. The Kier molecular flexibility index (Phi) is 2.96. The highest BCUT2D eigenvalue weighted by Crippen LogP contribution is 2.27. The summed E-state index contributed by atoms with van der Waals surface area (Å²) >= 11 is 1.71. The highest BCUT2D eigenvalue weighted by Gasteiger charge is 2.21. The van der Waals surface area contributed by atoms with Crippen molar-refractivity contribution in [3.05, 3.63) is 29.3 Å². The lowest BCUT2D eigenvalue weighted by atomic mass is 10.2. The summed E-state index contributed by atoms with van der Waals surface area (Å²) < 4.78 is 0. The lowest BCUT2D eigenvalue weighted by Gasteiger charge is -2.14. The summed E-state index contributed by atoms with van der Waals surface area (Å²) in [6.07, 6.45) is 2.61. The Hall–Kier alpha value is -1.17. The molecule has 0 radical (unpaired) electrons. The summed E-state index contributed by atoms with van der Waals surface area (Å²) in [5.41, 5.74) is 2.32. The van der Waals surface area contributed by atoms with Crippen molar-refractivity contribution in [3.63, 3.8) is 0 Å². The molecule has 0 bridgehead atoms. The Morgan fingerprint density at radius 2 is 2.53 bits per heavy atom. The van der Waals surface area contributed by atoms with Crippen molar-refractivity contribution in [2.75, 3.05) is 13.1 Å². The lowest BCUT2D eigenvalue weighted by molar-refractivity contribution is 0.175. The second-order valence-electron chi connectivity index (χ2n) is 4.43. The van der Waals surface area contributed by atoms with E-state index in [0.29, 0.717) is 0 Å². The number of aliphatic hydroxyl groups excluding tert-OH is 1. The second-order valence-corrected chi connectivity index (χ2v) is 5.37. The first-order valence-corrected chi connectivity index (χ1v) is 6.67. The van der Waals surface area contributed by atoms with Gasteiger partial charge in [0.1, 0.15) is 0 Å². The highest BCUT2D eigenvalue weighted by atomic mass is 32.1. The predicted octanol–water partition coefficient (Wildman–Crippen LogP) is 1.70. The molecule has 1 aliphatic rings. The van der Waals surface area contributed by atoms with Crippen molar-refractivity contribution in [1.82, 2.24) is 15.1 Å². The van der Waals surface area contributed by atoms with Crippen LogP contribution >= 0.6 is 11.3 Å². The fourth-order valence-corrected chi connectivity index (χ4v) is 3.02. The van der Waals surface area contributed by atoms with Gasteiger partial charge in [-0.15, -0.1) is 11.3 Å². The van der Waals surface area contributed by atoms with E-state index in [0.717, 1.165) is 31.7 Å². The fourth-order valence-electron chi connectivity index (χ4n) is 2.26. The third-order valence-electron chi connectivity index (χ3n) is 3.13. The number of rotatable bonds is 3. The summed E-state index contributed by atoms with van der Waals surface area (Å²) in [6.45, 7) is 2.60. The maximum atomic E-state index is 9.52. The van der Waals surface area contributed by atoms with Gasteiger partial charge in [0.25, 0.3) is 0 Å². The number of hydrogen-bond donors (Lipinski definition) is 2. The SMILES string of the molecule is O[C@@H]1CCN(Cc2cn[nH]c2-c2cccs2)C1. The molecule has 3 rings (SSSR count). The number of β-amino-alcohol motifs (C(OH)–C–C–N with tert-alkyl or cyclic N) is 1. The molecule has 2 aromatic heterocycles. The minimum absolute atomic E-state index is 0.160. The number of aromatic nitrogens is 2. The van der Waals surface area contributed by atoms with Crippen LogP contribution in [-0.2, 0) is 6.54 Å². The summed E-state index contributed by atoms with van der Waals surface area (Å²) in [6, 6.07) is 4.14. The van der Waals surface area contributed by atoms with Crippen LogP contribution in [0.1, 0.15) is 12.0 Å². The summed E-state index contributed by atoms with van der Waals surface area (Å²) in [7, 11) is 0. The summed E-state index contributed by atoms with van der Waals surface area (Å²) in [5, 5.41) is 18.8. The van der Waals surface area contributed by atoms with Crippen LogP contribution in [-0.4, -0.2) is 39.4 Å². The number of nitrogens with zero attached hydrogens (tertiary/aromatic N) is 2. The van der Waals surface area contributed by atoms with Gasteiger partial charge in [0, 0.05) is 25.2 Å². The maximum Gasteiger partial charge on any atom is 0.0794 e. The van der Waals surface area contributed by atoms with Crippen LogP contribution in [0.4, 0.5) is 0 Å². The van der Waals surface area contributed by atoms with Crippen LogP contribution in [0, 0.1) is 0 Å². The van der Waals surface area contributed by atoms with E-state index in [2.05, 4.69) is 26.5 Å². The Balaban J connectivity index is 1.78. The van der Waals surface area contributed by atoms with Crippen molar-refractivity contribution >= 4 is 11.3 Å². The van der Waals surface area contributed by atoms with E-state index in [9.17, 15) is 5.11 Å². The third-order valence-corrected chi connectivity index (χ3v) is 4.01. The average Bonchev–Trinajstić information content (AvgIpc) is 3.00. The minimum Gasteiger partial charge on any atom is -0.392 e. The quantitative estimate of drug-likeness (QED) is 0.870. The second kappa shape index (κ2) is 4.60. The van der Waals surface area contributed by atoms with Gasteiger partial charge in [-0.2, -0.15) is 5.10 Å². The van der Waals surface area contributed by atoms with Crippen molar-refractivity contribution in [3.8, 4) is 10.6 Å². The van der Waals surface area contributed by atoms with Gasteiger partial charge in [-0.1, -0.05) is 6.07 Å². The largest absolute Gasteiger partial charge is 0.392 e. The number of hydrogen-bond acceptors (Lipinski definition) is 4. The van der Waals surface area contributed by atoms with Gasteiger partial charge >= 0.3 is 0 Å². The van der Waals surface area contributed by atoms with Crippen LogP contribution in [0.15, 0.2) is 23.7 Å². The van der Waals surface area contributed by atoms with Gasteiger partial charge < -0.3 is 5.11 Å². The minimum atomic E-state index is -0.160. The molecule has 4 nitrogen and oxygen atoms in total. The number of thiophene rings is 1. The number of aromatic amines is 1. The molecular formula is C12H15N3OS. The van der Waals surface area contributed by atoms with Crippen LogP contribution in [0.3, 0.4) is 0 Å². The Morgan fingerprint density at radius 3 is 3.24 bits per heavy atom. The normalized spacial score (nSPS) is 21.1. The van der Waals surface area contributed by atoms with E-state index in [1.165, 1.54) is 10.4 Å². The molecule has 2 aromatic rings. The van der Waals surface area contributed by atoms with Crippen molar-refractivity contribution in [1.29, 1.82) is 0 Å². The molecule has 0 amide bonds. The molecule has 0 spiro atoms. The molecule has 1 atom stereocenters. The molecule has 0 aromatic carbocycles. The van der Waals surface area contributed by atoms with Gasteiger partial charge in [0.05, 0.1) is 22.9 Å². The van der Waals surface area contributed by atoms with Gasteiger partial charge in [-0.3, -0.25) is 10.00 Å². The molecule has 3 heterocycles. The average molecular weight is 249 g/mol. The van der Waals surface area contributed by atoms with Gasteiger partial charge in [0.15, 0.2) is 0 Å². The number of aliphatic hydroxyl groups is 1. The molecular weight excluding hydrogens is 234 g/mol. The lowest BCUT2D eigenvalue weighted by Crippen LogP contribution is -2.21. The zero-order valence-corrected chi connectivity index (χ0v) is 10.3. The Labute approximate surface area is 104 Å². The van der Waals surface area contributed by atoms with Gasteiger partial charge in [-0.25, -0.2) is 0 Å². The van der Waals surface area contributed by atoms with Crippen molar-refractivity contribution in [2.24, 2.45) is 0 Å². The first-order valence-electron chi connectivity index (χ1n) is 5.79. The van der Waals surface area contributed by atoms with E-state index >= 15 is 0 Å². The first-order chi connectivity index (χ1) is 8.33. The van der Waals surface area contributed by atoms with Crippen molar-refractivity contribution in [2.45, 2.75) is 19.1 Å². The molecule has 17 heavy (non-hydrogen) atoms. The maximum absolute atomic E-state index is 9.52. The molecule has 90 valence electrons. The standard InChI is InChI=1S/C12H15N3OS/c16-10-3-4-15(8-10)7-9-6-13-14-12(9)11-2-1-5-17-11/h1-2,5-6,10,16H,3-4,7-8H2,(H,13,14)/t10-/m1/s1. The zero-order valence-electron chi connectivity index (χ0n) is 9.47. The Morgan fingerprint density at radius 1 is 1.59 bits per heavy atom. The number of H-pyrrole nitrogens is 1. The first kappa shape index (κ1) is 11.0. The van der Waals surface area contributed by atoms with E-state index in [1.807, 2.05) is 12.3 Å². The van der Waals surface area contributed by atoms with E-state index in [-0.39, 0.29) is 6.10 Å². The molecule has 1 saturated heterocycles. The van der Waals surface area contributed by atoms with Gasteiger partial charge in [-0.05, 0) is 17.9 Å². The number of likely N-dealkylation sites (tertiary alicyclic amines) is 1. The van der Waals surface area contributed by atoms with E-state index in [4.69, 9.17) is 0 Å². The van der Waals surface area contributed by atoms with Crippen LogP contribution in [0.25, 0.3) is 10.6 Å². The van der Waals surface area contributed by atoms with E-state index in [1.54, 1.807) is 11.3 Å². The molecule has 2 N–H and O–H groups in total. The molecule has 5 heteroatoms. The van der Waals surface area contributed by atoms with Gasteiger partial charge in [0.2, 0.25) is 0 Å². The van der Waals surface area contributed by atoms with Crippen LogP contribution in [0.2, 0.25) is 0 Å². The zero-order chi connectivity index (χ0) is 11.7. The predicted molar refractivity (Wildman–Crippen MR) is 67.8 cm³/mol. The van der Waals surface area contributed by atoms with Crippen LogP contribution < -0.4 is 0 Å². The Bertz CT molecular complexity index is 480. The topological polar surface area (TPSA) is 52.1 Å². The van der Waals surface area contributed by atoms with Crippen molar-refractivity contribution < 1.29 is 5.11 Å². The molecule has 1 aliphatic heterocycles. The molecule has 0 unspecified atom stereocenters. The smallest absolute Gasteiger partial charge is 0.0794 e. The highest BCUT2D eigenvalue weighted by molar-refractivity contribution is 7.13.